The van der Waals surface area contributed by atoms with E-state index in [9.17, 15) is 4.57 Å². The van der Waals surface area contributed by atoms with E-state index in [4.69, 9.17) is 0 Å². The zero-order valence-corrected chi connectivity index (χ0v) is 14.3. The summed E-state index contributed by atoms with van der Waals surface area (Å²) in [6.07, 6.45) is 2.15. The summed E-state index contributed by atoms with van der Waals surface area (Å²) < 4.78 is 16.7. The number of hydrogen-bond acceptors (Lipinski definition) is 1. The predicted molar refractivity (Wildman–Crippen MR) is 89.7 cm³/mol. The standard InChI is InChI=1S/C11H17N2OP.C3H5.H3P/c1-12-8-9-13(2)15(12,14)10-11-6-4-3-5-7-11;1-3-2;/h3-7H,8-10H2,1-2H3;3H,1-2H2;1H3. The van der Waals surface area contributed by atoms with E-state index in [0.717, 1.165) is 18.7 Å². The molecule has 19 heavy (non-hydrogen) atoms. The lowest BCUT2D eigenvalue weighted by atomic mass is 10.2. The Morgan fingerprint density at radius 1 is 1.21 bits per heavy atom. The molecular formula is C14H25N2OP2. The van der Waals surface area contributed by atoms with Gasteiger partial charge >= 0.3 is 0 Å². The third-order valence-electron chi connectivity index (χ3n) is 3.05. The lowest BCUT2D eigenvalue weighted by molar-refractivity contribution is 0.488. The van der Waals surface area contributed by atoms with Gasteiger partial charge in [0.2, 0.25) is 7.44 Å². The van der Waals surface area contributed by atoms with Gasteiger partial charge in [0.1, 0.15) is 0 Å². The number of likely N-dealkylation sites (N-methyl/N-ethyl adjacent to an activating group) is 2. The molecule has 1 aromatic carbocycles. The first-order valence-electron chi connectivity index (χ1n) is 6.01. The minimum Gasteiger partial charge on any atom is -0.288 e. The second kappa shape index (κ2) is 8.66. The van der Waals surface area contributed by atoms with Crippen LogP contribution in [0.3, 0.4) is 0 Å². The molecule has 5 heteroatoms. The van der Waals surface area contributed by atoms with Crippen LogP contribution < -0.4 is 0 Å². The average molecular weight is 299 g/mol. The maximum atomic E-state index is 12.7. The van der Waals surface area contributed by atoms with E-state index >= 15 is 0 Å². The Bertz CT molecular complexity index is 409. The molecule has 0 saturated carbocycles. The van der Waals surface area contributed by atoms with E-state index in [1.165, 1.54) is 6.08 Å². The summed E-state index contributed by atoms with van der Waals surface area (Å²) in [5.41, 5.74) is 1.15. The molecule has 0 amide bonds. The molecule has 0 N–H and O–H groups in total. The number of nitrogens with zero attached hydrogens (tertiary/aromatic N) is 2. The smallest absolute Gasteiger partial charge is 0.220 e. The largest absolute Gasteiger partial charge is 0.288 e. The fourth-order valence-electron chi connectivity index (χ4n) is 1.93. The van der Waals surface area contributed by atoms with Crippen LogP contribution in [0.5, 0.6) is 0 Å². The zero-order valence-electron chi connectivity index (χ0n) is 12.0. The molecular weight excluding hydrogens is 274 g/mol. The molecule has 1 heterocycles. The Labute approximate surface area is 120 Å². The highest BCUT2D eigenvalue weighted by Crippen LogP contribution is 2.57. The van der Waals surface area contributed by atoms with Gasteiger partial charge in [-0.2, -0.15) is 9.90 Å². The first-order valence-corrected chi connectivity index (χ1v) is 7.80. The van der Waals surface area contributed by atoms with Crippen LogP contribution in [0.2, 0.25) is 0 Å². The summed E-state index contributed by atoms with van der Waals surface area (Å²) in [5, 5.41) is 0. The molecule has 1 aromatic rings. The van der Waals surface area contributed by atoms with Crippen LogP contribution in [0.1, 0.15) is 5.56 Å². The zero-order chi connectivity index (χ0) is 13.6. The molecule has 0 aliphatic carbocycles. The van der Waals surface area contributed by atoms with Gasteiger partial charge in [0.05, 0.1) is 6.16 Å². The first kappa shape index (κ1) is 18.5. The molecule has 1 fully saturated rings. The van der Waals surface area contributed by atoms with Crippen molar-refractivity contribution in [3.05, 3.63) is 55.5 Å². The Morgan fingerprint density at radius 2 is 1.63 bits per heavy atom. The summed E-state index contributed by atoms with van der Waals surface area (Å²) in [6, 6.07) is 10.1. The van der Waals surface area contributed by atoms with E-state index in [0.29, 0.717) is 6.16 Å². The molecule has 2 rings (SSSR count). The van der Waals surface area contributed by atoms with Crippen molar-refractivity contribution < 1.29 is 4.57 Å². The predicted octanol–water partition coefficient (Wildman–Crippen LogP) is 3.32. The maximum absolute atomic E-state index is 12.7. The normalized spacial score (nSPS) is 18.1. The van der Waals surface area contributed by atoms with E-state index in [1.54, 1.807) is 0 Å². The fraction of sp³-hybridized carbons (Fsp3) is 0.357. The molecule has 3 nitrogen and oxygen atoms in total. The van der Waals surface area contributed by atoms with Crippen molar-refractivity contribution in [1.29, 1.82) is 0 Å². The summed E-state index contributed by atoms with van der Waals surface area (Å²) in [6.45, 7) is 8.31. The maximum Gasteiger partial charge on any atom is 0.220 e. The van der Waals surface area contributed by atoms with Crippen molar-refractivity contribution in [2.45, 2.75) is 6.16 Å². The van der Waals surface area contributed by atoms with Gasteiger partial charge in [-0.1, -0.05) is 36.4 Å². The summed E-state index contributed by atoms with van der Waals surface area (Å²) in [4.78, 5) is 0. The highest BCUT2D eigenvalue weighted by molar-refractivity contribution is 7.58. The Hall–Kier alpha value is -0.460. The number of hydrogen-bond donors (Lipinski definition) is 0. The number of benzene rings is 1. The Balaban J connectivity index is 0.000000742. The van der Waals surface area contributed by atoms with Crippen LogP contribution in [0.25, 0.3) is 0 Å². The van der Waals surface area contributed by atoms with Crippen molar-refractivity contribution in [2.75, 3.05) is 27.2 Å². The van der Waals surface area contributed by atoms with Crippen LogP contribution in [0, 0.1) is 6.92 Å². The van der Waals surface area contributed by atoms with Gasteiger partial charge in [-0.3, -0.25) is 4.57 Å². The van der Waals surface area contributed by atoms with Gasteiger partial charge in [0.25, 0.3) is 0 Å². The fourth-order valence-corrected chi connectivity index (χ4v) is 4.42. The lowest BCUT2D eigenvalue weighted by Crippen LogP contribution is -2.14. The van der Waals surface area contributed by atoms with Crippen molar-refractivity contribution in [1.82, 2.24) is 9.34 Å². The second-order valence-electron chi connectivity index (χ2n) is 4.36. The highest BCUT2D eigenvalue weighted by atomic mass is 31.2. The Morgan fingerprint density at radius 3 is 2.05 bits per heavy atom. The van der Waals surface area contributed by atoms with E-state index in [1.807, 2.05) is 53.8 Å². The monoisotopic (exact) mass is 299 g/mol. The molecule has 0 aromatic heterocycles. The van der Waals surface area contributed by atoms with E-state index in [-0.39, 0.29) is 9.90 Å². The van der Waals surface area contributed by atoms with Crippen LogP contribution >= 0.6 is 17.3 Å². The van der Waals surface area contributed by atoms with Crippen LogP contribution in [0.4, 0.5) is 0 Å². The average Bonchev–Trinajstić information content (AvgIpc) is 2.59. The van der Waals surface area contributed by atoms with Crippen molar-refractivity contribution in [3.8, 4) is 0 Å². The molecule has 0 spiro atoms. The second-order valence-corrected chi connectivity index (χ2v) is 7.37. The number of allylic oxidation sites excluding steroid dienone is 1. The molecule has 0 bridgehead atoms. The molecule has 1 atom stereocenters. The number of rotatable bonds is 2. The first-order chi connectivity index (χ1) is 8.54. The van der Waals surface area contributed by atoms with Crippen LogP contribution in [0.15, 0.2) is 43.0 Å². The molecule has 1 aliphatic rings. The van der Waals surface area contributed by atoms with Crippen molar-refractivity contribution >= 4 is 17.3 Å². The van der Waals surface area contributed by atoms with Gasteiger partial charge < -0.3 is 0 Å². The van der Waals surface area contributed by atoms with Gasteiger partial charge in [-0.15, -0.1) is 6.58 Å². The SMILES string of the molecule is CN1CCN(C)P1(=O)Cc1ccccc1.P.[CH2]C=C. The molecule has 1 saturated heterocycles. The van der Waals surface area contributed by atoms with Gasteiger partial charge in [-0.25, -0.2) is 9.34 Å². The third kappa shape index (κ3) is 4.85. The lowest BCUT2D eigenvalue weighted by Gasteiger charge is -2.25. The van der Waals surface area contributed by atoms with Crippen LogP contribution in [-0.2, 0) is 10.7 Å². The topological polar surface area (TPSA) is 23.6 Å². The van der Waals surface area contributed by atoms with Crippen LogP contribution in [-0.4, -0.2) is 36.5 Å². The van der Waals surface area contributed by atoms with Gasteiger partial charge in [0, 0.05) is 13.1 Å². The molecule has 107 valence electrons. The van der Waals surface area contributed by atoms with Gasteiger partial charge in [-0.05, 0) is 26.6 Å². The summed E-state index contributed by atoms with van der Waals surface area (Å²) >= 11 is 0. The van der Waals surface area contributed by atoms with Gasteiger partial charge in [0.15, 0.2) is 0 Å². The van der Waals surface area contributed by atoms with Crippen molar-refractivity contribution in [3.63, 3.8) is 0 Å². The summed E-state index contributed by atoms with van der Waals surface area (Å²) in [5.74, 6) is 0. The minimum atomic E-state index is -2.31. The molecule has 1 unspecified atom stereocenters. The highest BCUT2D eigenvalue weighted by Gasteiger charge is 2.37. The molecule has 1 radical (unpaired) electrons. The quantitative estimate of drug-likeness (QED) is 0.783. The van der Waals surface area contributed by atoms with E-state index < -0.39 is 7.44 Å². The minimum absolute atomic E-state index is 0. The Kier molecular flexibility index (Phi) is 8.45. The molecule has 1 aliphatic heterocycles. The third-order valence-corrected chi connectivity index (χ3v) is 6.36. The van der Waals surface area contributed by atoms with Crippen molar-refractivity contribution in [2.24, 2.45) is 0 Å². The summed E-state index contributed by atoms with van der Waals surface area (Å²) in [7, 11) is 1.60. The van der Waals surface area contributed by atoms with E-state index in [2.05, 4.69) is 13.5 Å².